The summed E-state index contributed by atoms with van der Waals surface area (Å²) in [6, 6.07) is 5.33. The number of benzene rings is 1. The van der Waals surface area contributed by atoms with E-state index in [1.807, 2.05) is 0 Å². The van der Waals surface area contributed by atoms with E-state index < -0.39 is 0 Å². The van der Waals surface area contributed by atoms with Gasteiger partial charge in [0.05, 0.1) is 11.6 Å². The lowest BCUT2D eigenvalue weighted by Crippen LogP contribution is -2.39. The van der Waals surface area contributed by atoms with Gasteiger partial charge >= 0.3 is 0 Å². The number of hydrogen-bond acceptors (Lipinski definition) is 3. The highest BCUT2D eigenvalue weighted by Crippen LogP contribution is 2.27. The van der Waals surface area contributed by atoms with Crippen LogP contribution in [0.15, 0.2) is 22.7 Å². The molecule has 21 heavy (non-hydrogen) atoms. The topological polar surface area (TPSA) is 81.4 Å². The van der Waals surface area contributed by atoms with Crippen LogP contribution in [0.2, 0.25) is 0 Å². The number of carbonyl (C=O) groups excluding carboxylic acids is 2. The van der Waals surface area contributed by atoms with Crippen molar-refractivity contribution in [3.05, 3.63) is 28.2 Å². The fraction of sp³-hybridized carbons (Fsp3) is 0.467. The molecule has 0 heterocycles. The second-order valence-electron chi connectivity index (χ2n) is 5.27. The molecule has 1 aromatic rings. The van der Waals surface area contributed by atoms with Gasteiger partial charge in [0, 0.05) is 17.5 Å². The summed E-state index contributed by atoms with van der Waals surface area (Å²) in [6.45, 7) is 0. The summed E-state index contributed by atoms with van der Waals surface area (Å²) in [6.07, 6.45) is 3.06. The molecule has 2 amide bonds. The quantitative estimate of drug-likeness (QED) is 0.869. The van der Waals surface area contributed by atoms with E-state index in [0.717, 1.165) is 30.2 Å². The second-order valence-corrected chi connectivity index (χ2v) is 6.13. The Morgan fingerprint density at radius 2 is 1.95 bits per heavy atom. The summed E-state index contributed by atoms with van der Waals surface area (Å²) in [4.78, 5) is 23.3. The summed E-state index contributed by atoms with van der Waals surface area (Å²) in [5.74, 6) is 0.293. The van der Waals surface area contributed by atoms with Gasteiger partial charge in [-0.25, -0.2) is 0 Å². The molecule has 1 aromatic carbocycles. The zero-order valence-electron chi connectivity index (χ0n) is 11.9. The number of hydrogen-bond donors (Lipinski definition) is 2. The zero-order chi connectivity index (χ0) is 15.4. The van der Waals surface area contributed by atoms with Gasteiger partial charge in [-0.05, 0) is 59.8 Å². The van der Waals surface area contributed by atoms with Gasteiger partial charge in [0.25, 0.3) is 5.91 Å². The summed E-state index contributed by atoms with van der Waals surface area (Å²) < 4.78 is 5.89. The molecule has 0 unspecified atom stereocenters. The Bertz CT molecular complexity index is 540. The largest absolute Gasteiger partial charge is 0.496 e. The van der Waals surface area contributed by atoms with Crippen molar-refractivity contribution in [2.45, 2.75) is 31.7 Å². The molecule has 0 bridgehead atoms. The van der Waals surface area contributed by atoms with Crippen LogP contribution in [0.5, 0.6) is 5.75 Å². The average molecular weight is 355 g/mol. The van der Waals surface area contributed by atoms with Gasteiger partial charge in [0.15, 0.2) is 0 Å². The van der Waals surface area contributed by atoms with Crippen LogP contribution >= 0.6 is 15.9 Å². The van der Waals surface area contributed by atoms with Crippen molar-refractivity contribution in [1.29, 1.82) is 0 Å². The van der Waals surface area contributed by atoms with Crippen LogP contribution in [0.25, 0.3) is 0 Å². The molecule has 1 fully saturated rings. The predicted molar refractivity (Wildman–Crippen MR) is 83.1 cm³/mol. The standard InChI is InChI=1S/C15H19BrN2O3/c1-21-13-7-4-10(8-12(13)16)15(20)18-11-5-2-9(3-6-11)14(17)19/h4,7-9,11H,2-3,5-6H2,1H3,(H2,17,19)(H,18,20). The third-order valence-corrected chi connectivity index (χ3v) is 4.50. The molecule has 1 aliphatic rings. The SMILES string of the molecule is COc1ccc(C(=O)NC2CCC(C(N)=O)CC2)cc1Br. The van der Waals surface area contributed by atoms with Gasteiger partial charge in [-0.1, -0.05) is 0 Å². The number of nitrogens with two attached hydrogens (primary N) is 1. The van der Waals surface area contributed by atoms with Crippen molar-refractivity contribution in [3.63, 3.8) is 0 Å². The lowest BCUT2D eigenvalue weighted by molar-refractivity contribution is -0.122. The number of ether oxygens (including phenoxy) is 1. The summed E-state index contributed by atoms with van der Waals surface area (Å²) in [7, 11) is 1.58. The Balaban J connectivity index is 1.93. The van der Waals surface area contributed by atoms with E-state index in [0.29, 0.717) is 11.3 Å². The van der Waals surface area contributed by atoms with Gasteiger partial charge < -0.3 is 15.8 Å². The van der Waals surface area contributed by atoms with Crippen molar-refractivity contribution < 1.29 is 14.3 Å². The fourth-order valence-corrected chi connectivity index (χ4v) is 3.14. The normalized spacial score (nSPS) is 21.6. The molecule has 1 saturated carbocycles. The minimum absolute atomic E-state index is 0.0479. The van der Waals surface area contributed by atoms with Gasteiger partial charge in [-0.3, -0.25) is 9.59 Å². The molecule has 6 heteroatoms. The van der Waals surface area contributed by atoms with Crippen LogP contribution in [0.4, 0.5) is 0 Å². The molecule has 0 saturated heterocycles. The molecular weight excluding hydrogens is 336 g/mol. The third kappa shape index (κ3) is 3.97. The summed E-state index contributed by atoms with van der Waals surface area (Å²) in [5.41, 5.74) is 5.89. The predicted octanol–water partition coefficient (Wildman–Crippen LogP) is 2.23. The minimum Gasteiger partial charge on any atom is -0.496 e. The molecule has 114 valence electrons. The van der Waals surface area contributed by atoms with Gasteiger partial charge in [0.1, 0.15) is 5.75 Å². The Morgan fingerprint density at radius 1 is 1.29 bits per heavy atom. The van der Waals surface area contributed by atoms with Crippen LogP contribution in [-0.4, -0.2) is 25.0 Å². The molecule has 2 rings (SSSR count). The molecule has 3 N–H and O–H groups in total. The van der Waals surface area contributed by atoms with E-state index in [4.69, 9.17) is 10.5 Å². The van der Waals surface area contributed by atoms with E-state index >= 15 is 0 Å². The smallest absolute Gasteiger partial charge is 0.251 e. The highest BCUT2D eigenvalue weighted by atomic mass is 79.9. The Kier molecular flexibility index (Phi) is 5.22. The van der Waals surface area contributed by atoms with E-state index in [1.165, 1.54) is 0 Å². The number of methoxy groups -OCH3 is 1. The molecule has 0 aliphatic heterocycles. The van der Waals surface area contributed by atoms with Crippen LogP contribution in [0, 0.1) is 5.92 Å². The lowest BCUT2D eigenvalue weighted by Gasteiger charge is -2.27. The fourth-order valence-electron chi connectivity index (χ4n) is 2.60. The first-order valence-corrected chi connectivity index (χ1v) is 7.74. The van der Waals surface area contributed by atoms with Crippen molar-refractivity contribution >= 4 is 27.7 Å². The number of amides is 2. The number of halogens is 1. The van der Waals surface area contributed by atoms with Gasteiger partial charge in [-0.2, -0.15) is 0 Å². The Morgan fingerprint density at radius 3 is 2.48 bits per heavy atom. The Labute approximate surface area is 132 Å². The Hall–Kier alpha value is -1.56. The maximum atomic E-state index is 12.2. The summed E-state index contributed by atoms with van der Waals surface area (Å²) >= 11 is 3.37. The first-order valence-electron chi connectivity index (χ1n) is 6.95. The number of rotatable bonds is 4. The van der Waals surface area contributed by atoms with E-state index in [2.05, 4.69) is 21.2 Å². The van der Waals surface area contributed by atoms with Crippen molar-refractivity contribution in [2.75, 3.05) is 7.11 Å². The molecule has 0 aromatic heterocycles. The molecule has 1 aliphatic carbocycles. The number of carbonyl (C=O) groups is 2. The maximum absolute atomic E-state index is 12.2. The van der Waals surface area contributed by atoms with Gasteiger partial charge in [-0.15, -0.1) is 0 Å². The first kappa shape index (κ1) is 15.8. The lowest BCUT2D eigenvalue weighted by atomic mass is 9.85. The van der Waals surface area contributed by atoms with Crippen LogP contribution in [0.1, 0.15) is 36.0 Å². The first-order chi connectivity index (χ1) is 10.0. The van der Waals surface area contributed by atoms with E-state index in [9.17, 15) is 9.59 Å². The number of primary amides is 1. The number of nitrogens with one attached hydrogen (secondary N) is 1. The van der Waals surface area contributed by atoms with Crippen LogP contribution in [0.3, 0.4) is 0 Å². The van der Waals surface area contributed by atoms with Crippen molar-refractivity contribution in [3.8, 4) is 5.75 Å². The highest BCUT2D eigenvalue weighted by Gasteiger charge is 2.25. The monoisotopic (exact) mass is 354 g/mol. The van der Waals surface area contributed by atoms with E-state index in [-0.39, 0.29) is 23.8 Å². The third-order valence-electron chi connectivity index (χ3n) is 3.88. The van der Waals surface area contributed by atoms with Crippen molar-refractivity contribution in [1.82, 2.24) is 5.32 Å². The van der Waals surface area contributed by atoms with Crippen LogP contribution < -0.4 is 15.8 Å². The minimum atomic E-state index is -0.237. The molecular formula is C15H19BrN2O3. The van der Waals surface area contributed by atoms with E-state index in [1.54, 1.807) is 25.3 Å². The molecule has 0 atom stereocenters. The maximum Gasteiger partial charge on any atom is 0.251 e. The molecule has 0 spiro atoms. The summed E-state index contributed by atoms with van der Waals surface area (Å²) in [5, 5.41) is 3.01. The van der Waals surface area contributed by atoms with Gasteiger partial charge in [0.2, 0.25) is 5.91 Å². The van der Waals surface area contributed by atoms with Crippen LogP contribution in [-0.2, 0) is 4.79 Å². The molecule has 5 nitrogen and oxygen atoms in total. The average Bonchev–Trinajstić information content (AvgIpc) is 2.47. The second kappa shape index (κ2) is 6.93. The zero-order valence-corrected chi connectivity index (χ0v) is 13.5. The van der Waals surface area contributed by atoms with Crippen molar-refractivity contribution in [2.24, 2.45) is 11.7 Å². The molecule has 0 radical (unpaired) electrons. The highest BCUT2D eigenvalue weighted by molar-refractivity contribution is 9.10.